The minimum atomic E-state index is -1.30. The van der Waals surface area contributed by atoms with Gasteiger partial charge in [-0.15, -0.1) is 11.3 Å². The number of halogens is 1. The molecule has 0 aromatic carbocycles. The normalized spacial score (nSPS) is 36.8. The van der Waals surface area contributed by atoms with Crippen LogP contribution < -0.4 is 0 Å². The number of carbonyl (C=O) groups excluding carboxylic acids is 2. The van der Waals surface area contributed by atoms with Gasteiger partial charge in [0, 0.05) is 17.7 Å². The number of aliphatic hydroxyl groups excluding tert-OH is 3. The molecular weight excluding hydrogens is 506 g/mol. The number of esters is 1. The van der Waals surface area contributed by atoms with E-state index in [1.807, 2.05) is 13.8 Å². The number of rotatable bonds is 3. The number of ether oxygens (including phenoxy) is 2. The smallest absolute Gasteiger partial charge is 0.309 e. The quantitative estimate of drug-likeness (QED) is 0.387. The van der Waals surface area contributed by atoms with Crippen molar-refractivity contribution in [2.45, 2.75) is 103 Å². The molecule has 0 amide bonds. The summed E-state index contributed by atoms with van der Waals surface area (Å²) in [5, 5.41) is 33.5. The van der Waals surface area contributed by atoms with Gasteiger partial charge in [-0.1, -0.05) is 45.7 Å². The Kier molecular flexibility index (Phi) is 9.39. The maximum Gasteiger partial charge on any atom is 0.309 e. The monoisotopic (exact) mass is 543 g/mol. The average Bonchev–Trinajstić information content (AvgIpc) is 3.23. The molecule has 0 bridgehead atoms. The van der Waals surface area contributed by atoms with Gasteiger partial charge in [-0.25, -0.2) is 4.98 Å². The Morgan fingerprint density at radius 1 is 1.28 bits per heavy atom. The van der Waals surface area contributed by atoms with Crippen LogP contribution in [-0.2, 0) is 25.7 Å². The summed E-state index contributed by atoms with van der Waals surface area (Å²) >= 11 is 7.89. The van der Waals surface area contributed by atoms with E-state index in [4.69, 9.17) is 21.1 Å². The van der Waals surface area contributed by atoms with Crippen molar-refractivity contribution in [3.05, 3.63) is 21.1 Å². The molecule has 0 saturated carbocycles. The maximum atomic E-state index is 13.2. The number of fused-ring (bicyclic) bond motifs is 1. The molecule has 7 atom stereocenters. The zero-order valence-electron chi connectivity index (χ0n) is 21.6. The molecule has 2 fully saturated rings. The van der Waals surface area contributed by atoms with Gasteiger partial charge in [0.2, 0.25) is 0 Å². The van der Waals surface area contributed by atoms with Crippen molar-refractivity contribution < 1.29 is 34.4 Å². The van der Waals surface area contributed by atoms with E-state index in [0.29, 0.717) is 17.1 Å². The number of epoxide rings is 1. The number of cyclic esters (lactones) is 1. The second kappa shape index (κ2) is 11.6. The minimum Gasteiger partial charge on any atom is -0.456 e. The molecule has 2 aliphatic rings. The molecule has 36 heavy (non-hydrogen) atoms. The Labute approximate surface area is 221 Å². The average molecular weight is 544 g/mol. The largest absolute Gasteiger partial charge is 0.456 e. The molecule has 7 unspecified atom stereocenters. The highest BCUT2D eigenvalue weighted by Gasteiger charge is 2.53. The topological polar surface area (TPSA) is 129 Å². The summed E-state index contributed by atoms with van der Waals surface area (Å²) < 4.78 is 11.7. The molecule has 8 nitrogen and oxygen atoms in total. The zero-order valence-corrected chi connectivity index (χ0v) is 23.1. The number of thiazole rings is 1. The summed E-state index contributed by atoms with van der Waals surface area (Å²) in [7, 11) is 0. The van der Waals surface area contributed by atoms with E-state index >= 15 is 0 Å². The van der Waals surface area contributed by atoms with Crippen LogP contribution >= 0.6 is 22.9 Å². The van der Waals surface area contributed by atoms with Gasteiger partial charge in [0.1, 0.15) is 16.9 Å². The van der Waals surface area contributed by atoms with E-state index in [1.54, 1.807) is 32.2 Å². The van der Waals surface area contributed by atoms with Gasteiger partial charge in [-0.05, 0) is 31.8 Å². The van der Waals surface area contributed by atoms with Gasteiger partial charge >= 0.3 is 5.97 Å². The van der Waals surface area contributed by atoms with Crippen molar-refractivity contribution in [3.8, 4) is 0 Å². The maximum absolute atomic E-state index is 13.2. The summed E-state index contributed by atoms with van der Waals surface area (Å²) in [4.78, 5) is 30.3. The molecule has 2 aliphatic heterocycles. The van der Waals surface area contributed by atoms with Gasteiger partial charge in [0.15, 0.2) is 0 Å². The van der Waals surface area contributed by atoms with Crippen molar-refractivity contribution in [3.63, 3.8) is 0 Å². The van der Waals surface area contributed by atoms with Crippen LogP contribution in [-0.4, -0.2) is 62.1 Å². The Balaban J connectivity index is 1.85. The number of Topliss-reactive ketones (excluding diaryl/α,β-unsaturated/α-hetero) is 1. The summed E-state index contributed by atoms with van der Waals surface area (Å²) in [6, 6.07) is 0. The molecule has 3 rings (SSSR count). The van der Waals surface area contributed by atoms with E-state index in [1.165, 1.54) is 11.3 Å². The lowest BCUT2D eigenvalue weighted by Crippen LogP contribution is -2.45. The number of aliphatic hydroxyl groups is 3. The van der Waals surface area contributed by atoms with Crippen molar-refractivity contribution >= 4 is 40.8 Å². The molecule has 0 spiro atoms. The number of carbonyl (C=O) groups is 2. The van der Waals surface area contributed by atoms with Crippen molar-refractivity contribution in [2.75, 3.05) is 0 Å². The number of hydrogen-bond acceptors (Lipinski definition) is 9. The highest BCUT2D eigenvalue weighted by Crippen LogP contribution is 2.45. The molecule has 1 aromatic heterocycles. The fourth-order valence-electron chi connectivity index (χ4n) is 4.88. The number of ketones is 1. The second-order valence-corrected chi connectivity index (χ2v) is 12.3. The van der Waals surface area contributed by atoms with E-state index in [0.717, 1.165) is 19.3 Å². The Bertz CT molecular complexity index is 979. The van der Waals surface area contributed by atoms with Crippen molar-refractivity contribution in [2.24, 2.45) is 17.3 Å². The molecule has 1 aromatic rings. The first-order valence-corrected chi connectivity index (χ1v) is 13.7. The Morgan fingerprint density at radius 3 is 2.61 bits per heavy atom. The molecular formula is C26H38ClNO7S. The van der Waals surface area contributed by atoms with Crippen LogP contribution in [0.4, 0.5) is 0 Å². The van der Waals surface area contributed by atoms with Gasteiger partial charge in [-0.3, -0.25) is 9.59 Å². The lowest BCUT2D eigenvalue weighted by Gasteiger charge is -2.34. The predicted molar refractivity (Wildman–Crippen MR) is 137 cm³/mol. The van der Waals surface area contributed by atoms with Crippen LogP contribution in [0.25, 0.3) is 6.08 Å². The van der Waals surface area contributed by atoms with E-state index in [2.05, 4.69) is 4.98 Å². The van der Waals surface area contributed by atoms with Crippen LogP contribution in [0, 0.1) is 17.3 Å². The summed E-state index contributed by atoms with van der Waals surface area (Å²) in [5.41, 5.74) is -1.10. The Morgan fingerprint density at radius 2 is 1.97 bits per heavy atom. The standard InChI is InChI=1S/C26H38ClNO7S/c1-14-7-6-8-26(5)20(35-26)10-18(17(27)9-16-13-36-21(12-29)28-16)34-22(31)11-19(30)25(3,4)24(33)15(2)23(14)32/h9,13-15,18-20,23,29-30,32H,6-8,10-12H2,1-5H3. The molecule has 3 N–H and O–H groups in total. The zero-order chi connectivity index (χ0) is 26.8. The van der Waals surface area contributed by atoms with E-state index in [9.17, 15) is 24.9 Å². The highest BCUT2D eigenvalue weighted by molar-refractivity contribution is 7.09. The van der Waals surface area contributed by atoms with Crippen LogP contribution in [0.2, 0.25) is 0 Å². The summed E-state index contributed by atoms with van der Waals surface area (Å²) in [6.45, 7) is 8.59. The molecule has 0 radical (unpaired) electrons. The first-order valence-electron chi connectivity index (χ1n) is 12.5. The third kappa shape index (κ3) is 6.74. The number of aromatic nitrogens is 1. The summed E-state index contributed by atoms with van der Waals surface area (Å²) in [5.74, 6) is -1.79. The molecule has 0 aliphatic carbocycles. The first-order chi connectivity index (χ1) is 16.8. The molecule has 3 heterocycles. The number of hydrogen-bond donors (Lipinski definition) is 3. The highest BCUT2D eigenvalue weighted by atomic mass is 35.5. The predicted octanol–water partition coefficient (Wildman–Crippen LogP) is 3.84. The van der Waals surface area contributed by atoms with Gasteiger partial charge in [-0.2, -0.15) is 0 Å². The molecule has 10 heteroatoms. The minimum absolute atomic E-state index is 0.109. The fraction of sp³-hybridized carbons (Fsp3) is 0.731. The fourth-order valence-corrected chi connectivity index (χ4v) is 5.74. The van der Waals surface area contributed by atoms with E-state index < -0.39 is 47.6 Å². The van der Waals surface area contributed by atoms with Gasteiger partial charge in [0.25, 0.3) is 0 Å². The van der Waals surface area contributed by atoms with Crippen LogP contribution in [0.5, 0.6) is 0 Å². The first kappa shape index (κ1) is 29.2. The van der Waals surface area contributed by atoms with Crippen LogP contribution in [0.15, 0.2) is 10.4 Å². The molecule has 202 valence electrons. The molecule has 2 saturated heterocycles. The lowest BCUT2D eigenvalue weighted by atomic mass is 9.73. The van der Waals surface area contributed by atoms with E-state index in [-0.39, 0.29) is 29.4 Å². The van der Waals surface area contributed by atoms with Crippen molar-refractivity contribution in [1.29, 1.82) is 0 Å². The number of nitrogens with zero attached hydrogens (tertiary/aromatic N) is 1. The second-order valence-electron chi connectivity index (χ2n) is 10.9. The van der Waals surface area contributed by atoms with Crippen LogP contribution in [0.3, 0.4) is 0 Å². The van der Waals surface area contributed by atoms with Gasteiger partial charge < -0.3 is 24.8 Å². The van der Waals surface area contributed by atoms with Crippen molar-refractivity contribution in [1.82, 2.24) is 4.98 Å². The third-order valence-electron chi connectivity index (χ3n) is 7.70. The lowest BCUT2D eigenvalue weighted by molar-refractivity contribution is -0.154. The third-order valence-corrected chi connectivity index (χ3v) is 8.91. The van der Waals surface area contributed by atoms with Crippen LogP contribution in [0.1, 0.15) is 77.4 Å². The summed E-state index contributed by atoms with van der Waals surface area (Å²) in [6.07, 6.45) is 0.688. The Hall–Kier alpha value is -1.36. The SMILES string of the molecule is CC1CCCC2(C)OC2CC(C(Cl)=Cc2csc(CO)n2)OC(=O)CC(O)C(C)(C)C(=O)C(C)C1O. The van der Waals surface area contributed by atoms with Gasteiger partial charge in [0.05, 0.1) is 53.1 Å².